The number of methoxy groups -OCH3 is 1. The van der Waals surface area contributed by atoms with E-state index >= 15 is 0 Å². The first-order valence-corrected chi connectivity index (χ1v) is 6.01. The molecular weight excluding hydrogens is 213 g/mol. The van der Waals surface area contributed by atoms with Gasteiger partial charge >= 0.3 is 0 Å². The lowest BCUT2D eigenvalue weighted by Crippen LogP contribution is -2.13. The fourth-order valence-corrected chi connectivity index (χ4v) is 1.94. The van der Waals surface area contributed by atoms with E-state index in [1.165, 1.54) is 13.2 Å². The molecule has 1 aromatic carbocycles. The number of rotatable bonds is 5. The van der Waals surface area contributed by atoms with Crippen molar-refractivity contribution in [1.82, 2.24) is 0 Å². The van der Waals surface area contributed by atoms with Gasteiger partial charge in [0.2, 0.25) is 0 Å². The summed E-state index contributed by atoms with van der Waals surface area (Å²) in [5.41, 5.74) is 6.73. The van der Waals surface area contributed by atoms with Gasteiger partial charge in [0.15, 0.2) is 11.6 Å². The Bertz CT molecular complexity index is 319. The predicted molar refractivity (Wildman–Crippen MR) is 62.9 cm³/mol. The SMILES string of the molecule is CCSCC(N)c1ccc(OC)c(F)c1. The maximum Gasteiger partial charge on any atom is 0.165 e. The predicted octanol–water partition coefficient (Wildman–Crippen LogP) is 2.59. The van der Waals surface area contributed by atoms with Crippen LogP contribution in [0.5, 0.6) is 5.75 Å². The van der Waals surface area contributed by atoms with Crippen molar-refractivity contribution < 1.29 is 9.13 Å². The number of ether oxygens (including phenoxy) is 1. The first-order valence-electron chi connectivity index (χ1n) is 4.85. The average molecular weight is 229 g/mol. The summed E-state index contributed by atoms with van der Waals surface area (Å²) in [6.45, 7) is 2.08. The normalized spacial score (nSPS) is 12.5. The van der Waals surface area contributed by atoms with Crippen LogP contribution in [0.2, 0.25) is 0 Å². The van der Waals surface area contributed by atoms with Gasteiger partial charge in [0, 0.05) is 11.8 Å². The molecule has 84 valence electrons. The van der Waals surface area contributed by atoms with Gasteiger partial charge in [0.1, 0.15) is 0 Å². The Morgan fingerprint density at radius 2 is 2.27 bits per heavy atom. The van der Waals surface area contributed by atoms with E-state index in [0.29, 0.717) is 0 Å². The second kappa shape index (κ2) is 5.98. The summed E-state index contributed by atoms with van der Waals surface area (Å²) in [5, 5.41) is 0. The molecular formula is C11H16FNOS. The fourth-order valence-electron chi connectivity index (χ4n) is 1.25. The monoisotopic (exact) mass is 229 g/mol. The maximum absolute atomic E-state index is 13.3. The van der Waals surface area contributed by atoms with Crippen LogP contribution >= 0.6 is 11.8 Å². The molecule has 4 heteroatoms. The second-order valence-electron chi connectivity index (χ2n) is 3.16. The number of thioether (sulfide) groups is 1. The van der Waals surface area contributed by atoms with Crippen LogP contribution in [0.4, 0.5) is 4.39 Å². The number of benzene rings is 1. The van der Waals surface area contributed by atoms with Gasteiger partial charge in [-0.25, -0.2) is 4.39 Å². The minimum absolute atomic E-state index is 0.115. The van der Waals surface area contributed by atoms with Gasteiger partial charge in [0.05, 0.1) is 7.11 Å². The van der Waals surface area contributed by atoms with Crippen molar-refractivity contribution in [2.45, 2.75) is 13.0 Å². The van der Waals surface area contributed by atoms with Crippen LogP contribution in [-0.2, 0) is 0 Å². The molecule has 0 fully saturated rings. The van der Waals surface area contributed by atoms with Crippen LogP contribution in [0, 0.1) is 5.82 Å². The van der Waals surface area contributed by atoms with E-state index in [2.05, 4.69) is 6.92 Å². The van der Waals surface area contributed by atoms with E-state index in [0.717, 1.165) is 17.1 Å². The highest BCUT2D eigenvalue weighted by atomic mass is 32.2. The first kappa shape index (κ1) is 12.3. The van der Waals surface area contributed by atoms with Crippen molar-refractivity contribution in [3.05, 3.63) is 29.6 Å². The van der Waals surface area contributed by atoms with Gasteiger partial charge in [0.25, 0.3) is 0 Å². The average Bonchev–Trinajstić information content (AvgIpc) is 2.25. The van der Waals surface area contributed by atoms with E-state index in [9.17, 15) is 4.39 Å². The zero-order chi connectivity index (χ0) is 11.3. The molecule has 1 unspecified atom stereocenters. The van der Waals surface area contributed by atoms with Crippen molar-refractivity contribution in [1.29, 1.82) is 0 Å². The molecule has 0 spiro atoms. The van der Waals surface area contributed by atoms with Crippen molar-refractivity contribution in [3.63, 3.8) is 0 Å². The Balaban J connectivity index is 2.73. The molecule has 1 atom stereocenters. The number of halogens is 1. The summed E-state index contributed by atoms with van der Waals surface area (Å²) in [4.78, 5) is 0. The molecule has 0 heterocycles. The molecule has 0 saturated carbocycles. The van der Waals surface area contributed by atoms with Crippen LogP contribution in [0.15, 0.2) is 18.2 Å². The molecule has 0 aliphatic heterocycles. The Kier molecular flexibility index (Phi) is 4.91. The van der Waals surface area contributed by atoms with E-state index < -0.39 is 0 Å². The van der Waals surface area contributed by atoms with Crippen LogP contribution in [-0.4, -0.2) is 18.6 Å². The summed E-state index contributed by atoms with van der Waals surface area (Å²) < 4.78 is 18.2. The van der Waals surface area contributed by atoms with Crippen molar-refractivity contribution in [2.75, 3.05) is 18.6 Å². The third-order valence-electron chi connectivity index (χ3n) is 2.11. The third-order valence-corrected chi connectivity index (χ3v) is 3.11. The zero-order valence-corrected chi connectivity index (χ0v) is 9.81. The van der Waals surface area contributed by atoms with Crippen LogP contribution in [0.25, 0.3) is 0 Å². The molecule has 1 aromatic rings. The molecule has 2 nitrogen and oxygen atoms in total. The summed E-state index contributed by atoms with van der Waals surface area (Å²) in [5.74, 6) is 1.73. The van der Waals surface area contributed by atoms with E-state index in [4.69, 9.17) is 10.5 Å². The van der Waals surface area contributed by atoms with Crippen molar-refractivity contribution in [3.8, 4) is 5.75 Å². The zero-order valence-electron chi connectivity index (χ0n) is 9.00. The Labute approximate surface area is 94.0 Å². The summed E-state index contributed by atoms with van der Waals surface area (Å²) in [6, 6.07) is 4.75. The summed E-state index contributed by atoms with van der Waals surface area (Å²) in [6.07, 6.45) is 0. The number of nitrogens with two attached hydrogens (primary N) is 1. The fraction of sp³-hybridized carbons (Fsp3) is 0.455. The molecule has 15 heavy (non-hydrogen) atoms. The second-order valence-corrected chi connectivity index (χ2v) is 4.48. The molecule has 0 saturated heterocycles. The highest BCUT2D eigenvalue weighted by molar-refractivity contribution is 7.99. The van der Waals surface area contributed by atoms with E-state index in [1.54, 1.807) is 17.8 Å². The molecule has 0 radical (unpaired) electrons. The van der Waals surface area contributed by atoms with Gasteiger partial charge in [-0.3, -0.25) is 0 Å². The topological polar surface area (TPSA) is 35.2 Å². The smallest absolute Gasteiger partial charge is 0.165 e. The standard InChI is InChI=1S/C11H16FNOS/c1-3-15-7-10(13)8-4-5-11(14-2)9(12)6-8/h4-6,10H,3,7,13H2,1-2H3. The molecule has 0 amide bonds. The molecule has 0 bridgehead atoms. The largest absolute Gasteiger partial charge is 0.494 e. The molecule has 0 aromatic heterocycles. The Morgan fingerprint density at radius 1 is 1.53 bits per heavy atom. The van der Waals surface area contributed by atoms with Crippen LogP contribution < -0.4 is 10.5 Å². The Hall–Kier alpha value is -0.740. The van der Waals surface area contributed by atoms with Crippen LogP contribution in [0.1, 0.15) is 18.5 Å². The lowest BCUT2D eigenvalue weighted by molar-refractivity contribution is 0.386. The highest BCUT2D eigenvalue weighted by Gasteiger charge is 2.09. The van der Waals surface area contributed by atoms with Gasteiger partial charge in [-0.15, -0.1) is 0 Å². The molecule has 2 N–H and O–H groups in total. The van der Waals surface area contributed by atoms with E-state index in [-0.39, 0.29) is 17.6 Å². The van der Waals surface area contributed by atoms with Crippen molar-refractivity contribution in [2.24, 2.45) is 5.73 Å². The lowest BCUT2D eigenvalue weighted by atomic mass is 10.1. The molecule has 0 aliphatic rings. The van der Waals surface area contributed by atoms with Gasteiger partial charge in [-0.1, -0.05) is 13.0 Å². The first-order chi connectivity index (χ1) is 7.19. The Morgan fingerprint density at radius 3 is 2.80 bits per heavy atom. The van der Waals surface area contributed by atoms with Gasteiger partial charge in [-0.05, 0) is 23.4 Å². The summed E-state index contributed by atoms with van der Waals surface area (Å²) in [7, 11) is 1.45. The van der Waals surface area contributed by atoms with Crippen LogP contribution in [0.3, 0.4) is 0 Å². The quantitative estimate of drug-likeness (QED) is 0.843. The third kappa shape index (κ3) is 3.39. The number of hydrogen-bond donors (Lipinski definition) is 1. The lowest BCUT2D eigenvalue weighted by Gasteiger charge is -2.12. The van der Waals surface area contributed by atoms with E-state index in [1.807, 2.05) is 6.07 Å². The minimum Gasteiger partial charge on any atom is -0.494 e. The minimum atomic E-state index is -0.355. The van der Waals surface area contributed by atoms with Crippen molar-refractivity contribution >= 4 is 11.8 Å². The number of hydrogen-bond acceptors (Lipinski definition) is 3. The summed E-state index contributed by atoms with van der Waals surface area (Å²) >= 11 is 1.75. The highest BCUT2D eigenvalue weighted by Crippen LogP contribution is 2.22. The molecule has 1 rings (SSSR count). The van der Waals surface area contributed by atoms with Gasteiger partial charge < -0.3 is 10.5 Å². The van der Waals surface area contributed by atoms with Gasteiger partial charge in [-0.2, -0.15) is 11.8 Å². The molecule has 0 aliphatic carbocycles. The maximum atomic E-state index is 13.3.